The van der Waals surface area contributed by atoms with Gasteiger partial charge in [-0.25, -0.2) is 9.18 Å². The van der Waals surface area contributed by atoms with Gasteiger partial charge in [-0.1, -0.05) is 0 Å². The average Bonchev–Trinajstić information content (AvgIpc) is 2.91. The molecule has 0 radical (unpaired) electrons. The van der Waals surface area contributed by atoms with Crippen molar-refractivity contribution in [1.29, 1.82) is 5.26 Å². The second-order valence-corrected chi connectivity index (χ2v) is 4.93. The van der Waals surface area contributed by atoms with Crippen LogP contribution in [0.5, 0.6) is 5.75 Å². The van der Waals surface area contributed by atoms with Gasteiger partial charge in [0.05, 0.1) is 18.2 Å². The topological polar surface area (TPSA) is 121 Å². The van der Waals surface area contributed by atoms with Gasteiger partial charge < -0.3 is 19.7 Å². The van der Waals surface area contributed by atoms with E-state index in [1.807, 2.05) is 0 Å². The molecule has 1 heterocycles. The largest absolute Gasteiger partial charge is 0.494 e. The van der Waals surface area contributed by atoms with Crippen LogP contribution < -0.4 is 10.1 Å². The first kappa shape index (κ1) is 17.7. The van der Waals surface area contributed by atoms with Gasteiger partial charge in [-0.15, -0.1) is 0 Å². The number of benzene rings is 1. The van der Waals surface area contributed by atoms with E-state index in [9.17, 15) is 18.8 Å². The van der Waals surface area contributed by atoms with E-state index in [0.717, 1.165) is 18.3 Å². The number of halogens is 1. The van der Waals surface area contributed by atoms with Crippen LogP contribution in [0.1, 0.15) is 26.4 Å². The fourth-order valence-electron chi connectivity index (χ4n) is 2.23. The number of carboxylic acids is 1. The van der Waals surface area contributed by atoms with Crippen LogP contribution in [-0.4, -0.2) is 34.4 Å². The van der Waals surface area contributed by atoms with E-state index >= 15 is 0 Å². The molecule has 2 N–H and O–H groups in total. The Labute approximate surface area is 141 Å². The maximum atomic E-state index is 13.3. The highest BCUT2D eigenvalue weighted by atomic mass is 19.1. The highest BCUT2D eigenvalue weighted by Gasteiger charge is 2.28. The minimum absolute atomic E-state index is 0.102. The van der Waals surface area contributed by atoms with Crippen LogP contribution in [0.25, 0.3) is 0 Å². The zero-order valence-electron chi connectivity index (χ0n) is 13.2. The molecule has 8 nitrogen and oxygen atoms in total. The Balaban J connectivity index is 2.42. The van der Waals surface area contributed by atoms with Crippen molar-refractivity contribution in [2.45, 2.75) is 0 Å². The van der Waals surface area contributed by atoms with Crippen LogP contribution in [0.15, 0.2) is 24.4 Å². The number of nitrogens with zero attached hydrogens (tertiary/aromatic N) is 2. The van der Waals surface area contributed by atoms with Crippen LogP contribution in [0.4, 0.5) is 10.1 Å². The third-order valence-electron chi connectivity index (χ3n) is 3.34. The summed E-state index contributed by atoms with van der Waals surface area (Å²) in [7, 11) is 2.62. The zero-order valence-corrected chi connectivity index (χ0v) is 13.2. The number of carboxylic acid groups (broad SMARTS) is 1. The first-order valence-electron chi connectivity index (χ1n) is 6.82. The van der Waals surface area contributed by atoms with Crippen molar-refractivity contribution in [3.05, 3.63) is 47.0 Å². The molecule has 0 atom stereocenters. The highest BCUT2D eigenvalue weighted by molar-refractivity contribution is 6.40. The van der Waals surface area contributed by atoms with Crippen LogP contribution in [-0.2, 0) is 11.8 Å². The fourth-order valence-corrected chi connectivity index (χ4v) is 2.23. The zero-order chi connectivity index (χ0) is 18.7. The summed E-state index contributed by atoms with van der Waals surface area (Å²) < 4.78 is 19.6. The molecule has 9 heteroatoms. The summed E-state index contributed by atoms with van der Waals surface area (Å²) in [6.45, 7) is 0. The third-order valence-corrected chi connectivity index (χ3v) is 3.34. The van der Waals surface area contributed by atoms with Crippen molar-refractivity contribution >= 4 is 23.3 Å². The van der Waals surface area contributed by atoms with Crippen LogP contribution in [0.2, 0.25) is 0 Å². The molecule has 0 fully saturated rings. The molecule has 25 heavy (non-hydrogen) atoms. The highest BCUT2D eigenvalue weighted by Crippen LogP contribution is 2.27. The SMILES string of the molecule is COc1c(C(=O)C(=O)O)cn(C)c1C(=O)Nc1ccc(F)c(C#N)c1. The number of methoxy groups -OCH3 is 1. The van der Waals surface area contributed by atoms with Crippen molar-refractivity contribution in [3.8, 4) is 11.8 Å². The number of nitrogens with one attached hydrogen (secondary N) is 1. The minimum Gasteiger partial charge on any atom is -0.494 e. The number of anilines is 1. The van der Waals surface area contributed by atoms with E-state index in [2.05, 4.69) is 5.32 Å². The number of Topliss-reactive ketones (excluding diaryl/α,β-unsaturated/α-hetero) is 1. The Hall–Kier alpha value is -3.67. The van der Waals surface area contributed by atoms with Crippen molar-refractivity contribution in [1.82, 2.24) is 4.57 Å². The number of aliphatic carboxylic acids is 1. The number of ether oxygens (including phenoxy) is 1. The first-order valence-corrected chi connectivity index (χ1v) is 6.82. The number of ketones is 1. The average molecular weight is 345 g/mol. The number of carbonyl (C=O) groups is 3. The summed E-state index contributed by atoms with van der Waals surface area (Å²) in [5.74, 6) is -4.56. The Bertz CT molecular complexity index is 927. The van der Waals surface area contributed by atoms with Gasteiger partial charge in [0, 0.05) is 18.9 Å². The fraction of sp³-hybridized carbons (Fsp3) is 0.125. The lowest BCUT2D eigenvalue weighted by Crippen LogP contribution is -2.17. The number of hydrogen-bond acceptors (Lipinski definition) is 5. The number of carbonyl (C=O) groups excluding carboxylic acids is 2. The lowest BCUT2D eigenvalue weighted by Gasteiger charge is -2.09. The Kier molecular flexibility index (Phi) is 4.84. The van der Waals surface area contributed by atoms with E-state index < -0.39 is 23.5 Å². The summed E-state index contributed by atoms with van der Waals surface area (Å²) in [6, 6.07) is 5.07. The Morgan fingerprint density at radius 1 is 1.36 bits per heavy atom. The van der Waals surface area contributed by atoms with Crippen molar-refractivity contribution in [2.24, 2.45) is 7.05 Å². The molecule has 2 rings (SSSR count). The predicted molar refractivity (Wildman–Crippen MR) is 83.0 cm³/mol. The van der Waals surface area contributed by atoms with Gasteiger partial charge in [0.25, 0.3) is 11.7 Å². The molecule has 0 saturated heterocycles. The van der Waals surface area contributed by atoms with Crippen molar-refractivity contribution in [3.63, 3.8) is 0 Å². The number of nitriles is 1. The molecule has 0 aliphatic carbocycles. The molecular weight excluding hydrogens is 333 g/mol. The van der Waals surface area contributed by atoms with Crippen LogP contribution in [0.3, 0.4) is 0 Å². The van der Waals surface area contributed by atoms with Crippen molar-refractivity contribution < 1.29 is 28.6 Å². The molecule has 128 valence electrons. The summed E-state index contributed by atoms with van der Waals surface area (Å²) >= 11 is 0. The van der Waals surface area contributed by atoms with Gasteiger partial charge in [0.15, 0.2) is 11.4 Å². The molecule has 2 aromatic rings. The molecular formula is C16H12FN3O5. The molecule has 0 aliphatic rings. The number of rotatable bonds is 5. The van der Waals surface area contributed by atoms with Crippen molar-refractivity contribution in [2.75, 3.05) is 12.4 Å². The summed E-state index contributed by atoms with van der Waals surface area (Å²) in [6.07, 6.45) is 1.16. The lowest BCUT2D eigenvalue weighted by atomic mass is 10.1. The molecule has 0 aliphatic heterocycles. The summed E-state index contributed by atoms with van der Waals surface area (Å²) in [5.41, 5.74) is -0.481. The first-order chi connectivity index (χ1) is 11.8. The Morgan fingerprint density at radius 3 is 2.60 bits per heavy atom. The van der Waals surface area contributed by atoms with E-state index in [1.165, 1.54) is 24.8 Å². The van der Waals surface area contributed by atoms with Gasteiger partial charge in [-0.3, -0.25) is 9.59 Å². The third kappa shape index (κ3) is 3.32. The van der Waals surface area contributed by atoms with Gasteiger partial charge in [-0.2, -0.15) is 5.26 Å². The number of aromatic nitrogens is 1. The molecule has 0 unspecified atom stereocenters. The predicted octanol–water partition coefficient (Wildman–Crippen LogP) is 1.56. The van der Waals surface area contributed by atoms with E-state index in [0.29, 0.717) is 0 Å². The molecule has 0 spiro atoms. The second kappa shape index (κ2) is 6.84. The summed E-state index contributed by atoms with van der Waals surface area (Å²) in [4.78, 5) is 35.0. The van der Waals surface area contributed by atoms with Gasteiger partial charge >= 0.3 is 5.97 Å². The quantitative estimate of drug-likeness (QED) is 0.626. The van der Waals surface area contributed by atoms with Gasteiger partial charge in [-0.05, 0) is 18.2 Å². The number of amides is 1. The van der Waals surface area contributed by atoms with Gasteiger partial charge in [0.2, 0.25) is 0 Å². The van der Waals surface area contributed by atoms with Crippen LogP contribution in [0, 0.1) is 17.1 Å². The van der Waals surface area contributed by atoms with E-state index in [4.69, 9.17) is 15.1 Å². The van der Waals surface area contributed by atoms with Crippen LogP contribution >= 0.6 is 0 Å². The smallest absolute Gasteiger partial charge is 0.377 e. The molecule has 1 aromatic carbocycles. The van der Waals surface area contributed by atoms with E-state index in [-0.39, 0.29) is 28.3 Å². The molecule has 0 bridgehead atoms. The van der Waals surface area contributed by atoms with E-state index in [1.54, 1.807) is 6.07 Å². The lowest BCUT2D eigenvalue weighted by molar-refractivity contribution is -0.131. The minimum atomic E-state index is -1.69. The molecule has 1 aromatic heterocycles. The van der Waals surface area contributed by atoms with Gasteiger partial charge in [0.1, 0.15) is 11.9 Å². The standard InChI is InChI=1S/C16H12FN3O5/c1-20-7-10(13(21)16(23)24)14(25-2)12(20)15(22)19-9-3-4-11(17)8(5-9)6-18/h3-5,7H,1-2H3,(H,19,22)(H,23,24). The summed E-state index contributed by atoms with van der Waals surface area (Å²) in [5, 5.41) is 20.1. The maximum absolute atomic E-state index is 13.3. The molecule has 1 amide bonds. The Morgan fingerprint density at radius 2 is 2.04 bits per heavy atom. The maximum Gasteiger partial charge on any atom is 0.377 e. The molecule has 0 saturated carbocycles. The number of hydrogen-bond donors (Lipinski definition) is 2. The monoisotopic (exact) mass is 345 g/mol. The second-order valence-electron chi connectivity index (χ2n) is 4.93. The number of aryl methyl sites for hydroxylation is 1. The normalized spacial score (nSPS) is 10.0.